The third-order valence-corrected chi connectivity index (χ3v) is 3.82. The predicted molar refractivity (Wildman–Crippen MR) is 78.9 cm³/mol. The van der Waals surface area contributed by atoms with Crippen molar-refractivity contribution in [2.75, 3.05) is 19.8 Å². The molecule has 4 heteroatoms. The van der Waals surface area contributed by atoms with Gasteiger partial charge < -0.3 is 19.9 Å². The van der Waals surface area contributed by atoms with E-state index >= 15 is 0 Å². The highest BCUT2D eigenvalue weighted by Gasteiger charge is 2.38. The van der Waals surface area contributed by atoms with Crippen LogP contribution in [-0.2, 0) is 11.3 Å². The molecule has 0 saturated carbocycles. The van der Waals surface area contributed by atoms with E-state index in [0.717, 1.165) is 25.3 Å². The van der Waals surface area contributed by atoms with E-state index < -0.39 is 5.60 Å². The maximum Gasteiger partial charge on any atom is 0.119 e. The summed E-state index contributed by atoms with van der Waals surface area (Å²) >= 11 is 0. The molecule has 2 unspecified atom stereocenters. The van der Waals surface area contributed by atoms with Crippen LogP contribution in [0.1, 0.15) is 32.3 Å². The summed E-state index contributed by atoms with van der Waals surface area (Å²) in [6.07, 6.45) is 1.62. The number of nitrogens with one attached hydrogen (secondary N) is 1. The molecule has 20 heavy (non-hydrogen) atoms. The van der Waals surface area contributed by atoms with Gasteiger partial charge in [0.25, 0.3) is 0 Å². The Kier molecular flexibility index (Phi) is 5.40. The summed E-state index contributed by atoms with van der Waals surface area (Å²) in [5, 5.41) is 13.7. The summed E-state index contributed by atoms with van der Waals surface area (Å²) < 4.78 is 11.0. The van der Waals surface area contributed by atoms with E-state index in [0.29, 0.717) is 19.6 Å². The minimum atomic E-state index is -0.732. The molecule has 0 radical (unpaired) electrons. The van der Waals surface area contributed by atoms with Gasteiger partial charge in [-0.05, 0) is 31.0 Å². The molecule has 0 aromatic heterocycles. The monoisotopic (exact) mass is 279 g/mol. The molecule has 0 amide bonds. The van der Waals surface area contributed by atoms with Crippen LogP contribution in [0.5, 0.6) is 5.75 Å². The molecule has 0 aliphatic carbocycles. The van der Waals surface area contributed by atoms with Crippen LogP contribution in [0.25, 0.3) is 0 Å². The van der Waals surface area contributed by atoms with Crippen LogP contribution >= 0.6 is 0 Å². The summed E-state index contributed by atoms with van der Waals surface area (Å²) in [5.41, 5.74) is 0.452. The number of ether oxygens (including phenoxy) is 2. The summed E-state index contributed by atoms with van der Waals surface area (Å²) in [5.74, 6) is 0.909. The Morgan fingerprint density at radius 3 is 2.75 bits per heavy atom. The summed E-state index contributed by atoms with van der Waals surface area (Å²) in [6, 6.07) is 8.08. The highest BCUT2D eigenvalue weighted by molar-refractivity contribution is 5.27. The van der Waals surface area contributed by atoms with Gasteiger partial charge in [0.1, 0.15) is 11.4 Å². The number of hydrogen-bond donors (Lipinski definition) is 2. The van der Waals surface area contributed by atoms with Crippen LogP contribution in [0.15, 0.2) is 24.3 Å². The lowest BCUT2D eigenvalue weighted by atomic mass is 9.96. The number of rotatable bonds is 7. The molecule has 1 aliphatic heterocycles. The quantitative estimate of drug-likeness (QED) is 0.802. The number of benzene rings is 1. The second-order valence-corrected chi connectivity index (χ2v) is 5.46. The topological polar surface area (TPSA) is 50.7 Å². The molecular weight excluding hydrogens is 254 g/mol. The van der Waals surface area contributed by atoms with Gasteiger partial charge in [-0.3, -0.25) is 0 Å². The largest absolute Gasteiger partial charge is 0.494 e. The molecule has 2 rings (SSSR count). The maximum absolute atomic E-state index is 10.4. The third-order valence-electron chi connectivity index (χ3n) is 3.82. The molecule has 2 atom stereocenters. The predicted octanol–water partition coefficient (Wildman–Crippen LogP) is 2.10. The van der Waals surface area contributed by atoms with Gasteiger partial charge in [-0.1, -0.05) is 19.1 Å². The van der Waals surface area contributed by atoms with Crippen molar-refractivity contribution in [1.82, 2.24) is 5.32 Å². The zero-order chi connectivity index (χ0) is 14.4. The Bertz CT molecular complexity index is 407. The van der Waals surface area contributed by atoms with Crippen molar-refractivity contribution in [3.63, 3.8) is 0 Å². The molecule has 0 spiro atoms. The van der Waals surface area contributed by atoms with Gasteiger partial charge in [-0.15, -0.1) is 0 Å². The normalized spacial score (nSPS) is 25.9. The standard InChI is InChI=1S/C16H25NO3/c1-3-9-20-15-6-4-14(5-7-15)11-17-12-16(18)8-10-19-13(16)2/h4-7,13,17-18H,3,8-12H2,1-2H3. The van der Waals surface area contributed by atoms with Crippen molar-refractivity contribution < 1.29 is 14.6 Å². The van der Waals surface area contributed by atoms with Crippen molar-refractivity contribution >= 4 is 0 Å². The molecule has 112 valence electrons. The van der Waals surface area contributed by atoms with Crippen LogP contribution in [-0.4, -0.2) is 36.6 Å². The van der Waals surface area contributed by atoms with Crippen LogP contribution in [0.4, 0.5) is 0 Å². The van der Waals surface area contributed by atoms with Crippen molar-refractivity contribution in [3.8, 4) is 5.75 Å². The van der Waals surface area contributed by atoms with Crippen LogP contribution in [0.3, 0.4) is 0 Å². The fourth-order valence-electron chi connectivity index (χ4n) is 2.35. The molecule has 2 N–H and O–H groups in total. The first kappa shape index (κ1) is 15.3. The van der Waals surface area contributed by atoms with Gasteiger partial charge in [0.15, 0.2) is 0 Å². The average molecular weight is 279 g/mol. The van der Waals surface area contributed by atoms with Gasteiger partial charge in [0.2, 0.25) is 0 Å². The number of hydrogen-bond acceptors (Lipinski definition) is 4. The molecular formula is C16H25NO3. The second-order valence-electron chi connectivity index (χ2n) is 5.46. The fourth-order valence-corrected chi connectivity index (χ4v) is 2.35. The van der Waals surface area contributed by atoms with E-state index in [1.807, 2.05) is 19.1 Å². The van der Waals surface area contributed by atoms with E-state index in [2.05, 4.69) is 24.4 Å². The Hall–Kier alpha value is -1.10. The third kappa shape index (κ3) is 3.95. The van der Waals surface area contributed by atoms with E-state index in [-0.39, 0.29) is 6.10 Å². The molecule has 1 aliphatic rings. The maximum atomic E-state index is 10.4. The van der Waals surface area contributed by atoms with Crippen molar-refractivity contribution in [2.45, 2.75) is 44.9 Å². The zero-order valence-corrected chi connectivity index (χ0v) is 12.4. The molecule has 1 aromatic rings. The van der Waals surface area contributed by atoms with Gasteiger partial charge in [-0.2, -0.15) is 0 Å². The Morgan fingerprint density at radius 2 is 2.15 bits per heavy atom. The van der Waals surface area contributed by atoms with Gasteiger partial charge in [-0.25, -0.2) is 0 Å². The molecule has 1 saturated heterocycles. The van der Waals surface area contributed by atoms with E-state index in [4.69, 9.17) is 9.47 Å². The minimum Gasteiger partial charge on any atom is -0.494 e. The van der Waals surface area contributed by atoms with Gasteiger partial charge in [0.05, 0.1) is 12.7 Å². The Balaban J connectivity index is 1.76. The van der Waals surface area contributed by atoms with Crippen LogP contribution in [0, 0.1) is 0 Å². The first-order valence-corrected chi connectivity index (χ1v) is 7.40. The van der Waals surface area contributed by atoms with E-state index in [9.17, 15) is 5.11 Å². The fraction of sp³-hybridized carbons (Fsp3) is 0.625. The van der Waals surface area contributed by atoms with Crippen molar-refractivity contribution in [3.05, 3.63) is 29.8 Å². The van der Waals surface area contributed by atoms with Gasteiger partial charge in [0, 0.05) is 26.1 Å². The highest BCUT2D eigenvalue weighted by atomic mass is 16.5. The van der Waals surface area contributed by atoms with Gasteiger partial charge >= 0.3 is 0 Å². The minimum absolute atomic E-state index is 0.0974. The summed E-state index contributed by atoms with van der Waals surface area (Å²) in [6.45, 7) is 6.71. The first-order chi connectivity index (χ1) is 9.64. The number of aliphatic hydroxyl groups is 1. The molecule has 0 bridgehead atoms. The Labute approximate surface area is 121 Å². The van der Waals surface area contributed by atoms with E-state index in [1.54, 1.807) is 0 Å². The van der Waals surface area contributed by atoms with Crippen molar-refractivity contribution in [1.29, 1.82) is 0 Å². The summed E-state index contributed by atoms with van der Waals surface area (Å²) in [4.78, 5) is 0. The molecule has 1 aromatic carbocycles. The lowest BCUT2D eigenvalue weighted by Gasteiger charge is -2.26. The second kappa shape index (κ2) is 7.07. The Morgan fingerprint density at radius 1 is 1.40 bits per heavy atom. The zero-order valence-electron chi connectivity index (χ0n) is 12.4. The summed E-state index contributed by atoms with van der Waals surface area (Å²) in [7, 11) is 0. The lowest BCUT2D eigenvalue weighted by Crippen LogP contribution is -2.45. The van der Waals surface area contributed by atoms with Crippen LogP contribution < -0.4 is 10.1 Å². The SMILES string of the molecule is CCCOc1ccc(CNCC2(O)CCOC2C)cc1. The lowest BCUT2D eigenvalue weighted by molar-refractivity contribution is -0.0262. The first-order valence-electron chi connectivity index (χ1n) is 7.40. The van der Waals surface area contributed by atoms with E-state index in [1.165, 1.54) is 5.56 Å². The molecule has 1 heterocycles. The smallest absolute Gasteiger partial charge is 0.119 e. The van der Waals surface area contributed by atoms with Crippen LogP contribution in [0.2, 0.25) is 0 Å². The highest BCUT2D eigenvalue weighted by Crippen LogP contribution is 2.24. The molecule has 1 fully saturated rings. The molecule has 4 nitrogen and oxygen atoms in total. The average Bonchev–Trinajstić information content (AvgIpc) is 2.78. The van der Waals surface area contributed by atoms with Crippen molar-refractivity contribution in [2.24, 2.45) is 0 Å².